The fraction of sp³-hybridized carbons (Fsp3) is 0.385. The molecule has 0 heterocycles. The van der Waals surface area contributed by atoms with E-state index < -0.39 is 0 Å². The average Bonchev–Trinajstić information content (AvgIpc) is 2.29. The van der Waals surface area contributed by atoms with Crippen LogP contribution in [0.15, 0.2) is 28.7 Å². The van der Waals surface area contributed by atoms with Crippen molar-refractivity contribution in [2.24, 2.45) is 5.92 Å². The van der Waals surface area contributed by atoms with Crippen LogP contribution in [0.4, 0.5) is 0 Å². The SMILES string of the molecule is CC(C)CC(=O)NNC(=O)Cc1ccc(Br)cc1. The Morgan fingerprint density at radius 3 is 2.22 bits per heavy atom. The predicted molar refractivity (Wildman–Crippen MR) is 73.6 cm³/mol. The minimum Gasteiger partial charge on any atom is -0.273 e. The van der Waals surface area contributed by atoms with Crippen LogP contribution >= 0.6 is 15.9 Å². The van der Waals surface area contributed by atoms with Gasteiger partial charge in [-0.05, 0) is 23.6 Å². The number of halogens is 1. The third-order valence-corrected chi connectivity index (χ3v) is 2.74. The summed E-state index contributed by atoms with van der Waals surface area (Å²) in [6, 6.07) is 7.47. The molecule has 1 aromatic rings. The van der Waals surface area contributed by atoms with Crippen molar-refractivity contribution in [2.75, 3.05) is 0 Å². The Balaban J connectivity index is 2.34. The van der Waals surface area contributed by atoms with Gasteiger partial charge < -0.3 is 0 Å². The summed E-state index contributed by atoms with van der Waals surface area (Å²) in [5.74, 6) is -0.128. The quantitative estimate of drug-likeness (QED) is 0.837. The molecule has 5 heteroatoms. The van der Waals surface area contributed by atoms with Gasteiger partial charge in [-0.15, -0.1) is 0 Å². The topological polar surface area (TPSA) is 58.2 Å². The van der Waals surface area contributed by atoms with Crippen molar-refractivity contribution in [1.82, 2.24) is 10.9 Å². The number of hydrogen-bond acceptors (Lipinski definition) is 2. The molecular weight excluding hydrogens is 296 g/mol. The van der Waals surface area contributed by atoms with E-state index in [9.17, 15) is 9.59 Å². The molecule has 2 N–H and O–H groups in total. The van der Waals surface area contributed by atoms with Gasteiger partial charge >= 0.3 is 0 Å². The van der Waals surface area contributed by atoms with Crippen LogP contribution in [0.5, 0.6) is 0 Å². The lowest BCUT2D eigenvalue weighted by atomic mass is 10.1. The van der Waals surface area contributed by atoms with Gasteiger partial charge in [-0.25, -0.2) is 0 Å². The Morgan fingerprint density at radius 2 is 1.67 bits per heavy atom. The van der Waals surface area contributed by atoms with Crippen molar-refractivity contribution >= 4 is 27.7 Å². The predicted octanol–water partition coefficient (Wildman–Crippen LogP) is 2.19. The number of benzene rings is 1. The first-order valence-electron chi connectivity index (χ1n) is 5.79. The lowest BCUT2D eigenvalue weighted by molar-refractivity contribution is -0.129. The van der Waals surface area contributed by atoms with Crippen molar-refractivity contribution < 1.29 is 9.59 Å². The van der Waals surface area contributed by atoms with Crippen LogP contribution in [0.25, 0.3) is 0 Å². The van der Waals surface area contributed by atoms with Gasteiger partial charge in [0.2, 0.25) is 11.8 Å². The molecule has 0 aromatic heterocycles. The molecule has 2 amide bonds. The van der Waals surface area contributed by atoms with Gasteiger partial charge in [0.1, 0.15) is 0 Å². The number of hydrogen-bond donors (Lipinski definition) is 2. The standard InChI is InChI=1S/C13H17BrN2O2/c1-9(2)7-12(17)15-16-13(18)8-10-3-5-11(14)6-4-10/h3-6,9H,7-8H2,1-2H3,(H,15,17)(H,16,18). The maximum atomic E-state index is 11.6. The zero-order valence-electron chi connectivity index (χ0n) is 10.5. The highest BCUT2D eigenvalue weighted by Gasteiger charge is 2.07. The maximum absolute atomic E-state index is 11.6. The second-order valence-electron chi connectivity index (χ2n) is 4.50. The van der Waals surface area contributed by atoms with E-state index in [2.05, 4.69) is 26.8 Å². The lowest BCUT2D eigenvalue weighted by Gasteiger charge is -2.08. The molecule has 0 spiro atoms. The van der Waals surface area contributed by atoms with Crippen LogP contribution in [0.1, 0.15) is 25.8 Å². The van der Waals surface area contributed by atoms with Gasteiger partial charge in [0, 0.05) is 10.9 Å². The number of carbonyl (C=O) groups excluding carboxylic acids is 2. The summed E-state index contributed by atoms with van der Waals surface area (Å²) >= 11 is 3.33. The lowest BCUT2D eigenvalue weighted by Crippen LogP contribution is -2.42. The molecule has 18 heavy (non-hydrogen) atoms. The van der Waals surface area contributed by atoms with Gasteiger partial charge in [0.05, 0.1) is 6.42 Å². The van der Waals surface area contributed by atoms with E-state index >= 15 is 0 Å². The average molecular weight is 313 g/mol. The fourth-order valence-corrected chi connectivity index (χ4v) is 1.66. The summed E-state index contributed by atoms with van der Waals surface area (Å²) in [5.41, 5.74) is 5.70. The van der Waals surface area contributed by atoms with Crippen LogP contribution in [0.3, 0.4) is 0 Å². The van der Waals surface area contributed by atoms with E-state index in [-0.39, 0.29) is 24.2 Å². The number of carbonyl (C=O) groups is 2. The number of nitrogens with one attached hydrogen (secondary N) is 2. The fourth-order valence-electron chi connectivity index (χ4n) is 1.39. The summed E-state index contributed by atoms with van der Waals surface area (Å²) in [5, 5.41) is 0. The molecule has 0 aliphatic heterocycles. The van der Waals surface area contributed by atoms with E-state index in [1.165, 1.54) is 0 Å². The molecule has 1 rings (SSSR count). The molecular formula is C13H17BrN2O2. The highest BCUT2D eigenvalue weighted by molar-refractivity contribution is 9.10. The Hall–Kier alpha value is -1.36. The Labute approximate surface area is 115 Å². The number of amides is 2. The van der Waals surface area contributed by atoms with Gasteiger partial charge in [-0.3, -0.25) is 20.4 Å². The smallest absolute Gasteiger partial charge is 0.242 e. The van der Waals surface area contributed by atoms with Crippen LogP contribution in [0, 0.1) is 5.92 Å². The van der Waals surface area contributed by atoms with Crippen molar-refractivity contribution in [1.29, 1.82) is 0 Å². The van der Waals surface area contributed by atoms with E-state index in [0.29, 0.717) is 6.42 Å². The summed E-state index contributed by atoms with van der Waals surface area (Å²) in [4.78, 5) is 22.9. The summed E-state index contributed by atoms with van der Waals surface area (Å²) in [7, 11) is 0. The molecule has 0 saturated carbocycles. The molecule has 0 atom stereocenters. The number of hydrazine groups is 1. The third kappa shape index (κ3) is 5.82. The second-order valence-corrected chi connectivity index (χ2v) is 5.41. The van der Waals surface area contributed by atoms with E-state index in [1.54, 1.807) is 0 Å². The van der Waals surface area contributed by atoms with Crippen LogP contribution in [-0.4, -0.2) is 11.8 Å². The van der Waals surface area contributed by atoms with Gasteiger partial charge in [-0.1, -0.05) is 41.9 Å². The summed E-state index contributed by atoms with van der Waals surface area (Å²) in [6.07, 6.45) is 0.647. The van der Waals surface area contributed by atoms with Gasteiger partial charge in [0.15, 0.2) is 0 Å². The van der Waals surface area contributed by atoms with Crippen LogP contribution in [-0.2, 0) is 16.0 Å². The first-order valence-corrected chi connectivity index (χ1v) is 6.59. The zero-order valence-corrected chi connectivity index (χ0v) is 12.1. The molecule has 0 fully saturated rings. The maximum Gasteiger partial charge on any atom is 0.242 e. The molecule has 0 unspecified atom stereocenters. The molecule has 98 valence electrons. The third-order valence-electron chi connectivity index (χ3n) is 2.21. The first kappa shape index (κ1) is 14.7. The van der Waals surface area contributed by atoms with E-state index in [4.69, 9.17) is 0 Å². The summed E-state index contributed by atoms with van der Waals surface area (Å²) < 4.78 is 0.969. The number of rotatable bonds is 4. The largest absolute Gasteiger partial charge is 0.273 e. The Kier molecular flexibility index (Phi) is 5.85. The Morgan fingerprint density at radius 1 is 1.11 bits per heavy atom. The van der Waals surface area contributed by atoms with E-state index in [0.717, 1.165) is 10.0 Å². The summed E-state index contributed by atoms with van der Waals surface area (Å²) in [6.45, 7) is 3.90. The molecule has 0 radical (unpaired) electrons. The highest BCUT2D eigenvalue weighted by Crippen LogP contribution is 2.10. The Bertz CT molecular complexity index is 416. The van der Waals surface area contributed by atoms with Crippen molar-refractivity contribution in [3.63, 3.8) is 0 Å². The van der Waals surface area contributed by atoms with E-state index in [1.807, 2.05) is 38.1 Å². The monoisotopic (exact) mass is 312 g/mol. The normalized spacial score (nSPS) is 10.2. The van der Waals surface area contributed by atoms with Crippen LogP contribution in [0.2, 0.25) is 0 Å². The molecule has 4 nitrogen and oxygen atoms in total. The van der Waals surface area contributed by atoms with Crippen molar-refractivity contribution in [3.05, 3.63) is 34.3 Å². The minimum atomic E-state index is -0.227. The van der Waals surface area contributed by atoms with Gasteiger partial charge in [-0.2, -0.15) is 0 Å². The zero-order chi connectivity index (χ0) is 13.5. The molecule has 0 aliphatic rings. The van der Waals surface area contributed by atoms with Crippen molar-refractivity contribution in [2.45, 2.75) is 26.7 Å². The first-order chi connectivity index (χ1) is 8.47. The molecule has 0 saturated heterocycles. The van der Waals surface area contributed by atoms with Crippen molar-refractivity contribution in [3.8, 4) is 0 Å². The molecule has 0 aliphatic carbocycles. The second kappa shape index (κ2) is 7.16. The van der Waals surface area contributed by atoms with Crippen LogP contribution < -0.4 is 10.9 Å². The minimum absolute atomic E-state index is 0.172. The van der Waals surface area contributed by atoms with Gasteiger partial charge in [0.25, 0.3) is 0 Å². The highest BCUT2D eigenvalue weighted by atomic mass is 79.9. The molecule has 1 aromatic carbocycles. The molecule has 0 bridgehead atoms.